The molecule has 108 valence electrons. The largest absolute Gasteiger partial charge is 0.440 e. The van der Waals surface area contributed by atoms with Crippen molar-refractivity contribution in [2.75, 3.05) is 6.61 Å². The van der Waals surface area contributed by atoms with Crippen LogP contribution >= 0.6 is 0 Å². The summed E-state index contributed by atoms with van der Waals surface area (Å²) < 4.78 is 5.66. The van der Waals surface area contributed by atoms with Gasteiger partial charge in [-0.25, -0.2) is 4.98 Å². The quantitative estimate of drug-likeness (QED) is 0.794. The fraction of sp³-hybridized carbons (Fsp3) is 0.438. The number of benzene rings is 1. The third kappa shape index (κ3) is 3.68. The van der Waals surface area contributed by atoms with Crippen LogP contribution in [-0.4, -0.2) is 22.2 Å². The number of allylic oxidation sites excluding steroid dienone is 2. The van der Waals surface area contributed by atoms with E-state index >= 15 is 0 Å². The van der Waals surface area contributed by atoms with Crippen LogP contribution in [0.1, 0.15) is 31.7 Å². The first-order valence-electron chi connectivity index (χ1n) is 6.93. The Morgan fingerprint density at radius 3 is 2.95 bits per heavy atom. The maximum Gasteiger partial charge on any atom is 0.199 e. The topological polar surface area (TPSA) is 72.3 Å². The number of rotatable bonds is 6. The predicted octanol–water partition coefficient (Wildman–Crippen LogP) is 2.59. The fourth-order valence-electron chi connectivity index (χ4n) is 1.99. The molecule has 0 saturated heterocycles. The highest BCUT2D eigenvalue weighted by molar-refractivity contribution is 5.73. The second-order valence-corrected chi connectivity index (χ2v) is 5.49. The number of nitrogens with zero attached hydrogens (tertiary/aromatic N) is 1. The van der Waals surface area contributed by atoms with E-state index in [9.17, 15) is 5.11 Å². The average Bonchev–Trinajstić information content (AvgIpc) is 2.85. The summed E-state index contributed by atoms with van der Waals surface area (Å²) in [7, 11) is 0. The van der Waals surface area contributed by atoms with E-state index in [1.54, 1.807) is 0 Å². The summed E-state index contributed by atoms with van der Waals surface area (Å²) in [5.41, 5.74) is 8.26. The van der Waals surface area contributed by atoms with E-state index in [0.29, 0.717) is 6.42 Å². The lowest BCUT2D eigenvalue weighted by Gasteiger charge is -2.21. The van der Waals surface area contributed by atoms with Gasteiger partial charge in [0.25, 0.3) is 0 Å². The summed E-state index contributed by atoms with van der Waals surface area (Å²) in [6, 6.07) is 6.01. The van der Waals surface area contributed by atoms with Gasteiger partial charge >= 0.3 is 0 Å². The second-order valence-electron chi connectivity index (χ2n) is 5.49. The molecule has 4 nitrogen and oxygen atoms in total. The maximum absolute atomic E-state index is 9.17. The molecule has 0 aliphatic heterocycles. The van der Waals surface area contributed by atoms with Crippen LogP contribution in [0, 0.1) is 0 Å². The lowest BCUT2D eigenvalue weighted by atomic mass is 9.95. The van der Waals surface area contributed by atoms with Gasteiger partial charge in [0.2, 0.25) is 0 Å². The Kier molecular flexibility index (Phi) is 4.57. The molecule has 1 unspecified atom stereocenters. The number of nitrogens with two attached hydrogens (primary N) is 1. The molecule has 0 radical (unpaired) electrons. The second kappa shape index (κ2) is 6.20. The Morgan fingerprint density at radius 1 is 1.45 bits per heavy atom. The van der Waals surface area contributed by atoms with Gasteiger partial charge in [0.15, 0.2) is 11.5 Å². The van der Waals surface area contributed by atoms with Gasteiger partial charge in [0.1, 0.15) is 5.52 Å². The van der Waals surface area contributed by atoms with E-state index in [0.717, 1.165) is 35.4 Å². The molecule has 20 heavy (non-hydrogen) atoms. The van der Waals surface area contributed by atoms with Crippen LogP contribution < -0.4 is 5.73 Å². The SMILES string of the molecule is CC=CCc1nc2cc(CCC(C)(N)CO)ccc2o1. The molecule has 1 heterocycles. The number of hydrogen-bond acceptors (Lipinski definition) is 4. The molecular formula is C16H22N2O2. The Balaban J connectivity index is 2.12. The molecule has 0 aliphatic rings. The molecule has 0 aliphatic carbocycles. The number of aliphatic hydroxyl groups excluding tert-OH is 1. The highest BCUT2D eigenvalue weighted by Gasteiger charge is 2.16. The van der Waals surface area contributed by atoms with Gasteiger partial charge in [-0.05, 0) is 44.4 Å². The van der Waals surface area contributed by atoms with Crippen LogP contribution in [0.25, 0.3) is 11.1 Å². The van der Waals surface area contributed by atoms with Gasteiger partial charge in [-0.3, -0.25) is 0 Å². The Morgan fingerprint density at radius 2 is 2.25 bits per heavy atom. The molecule has 1 aromatic carbocycles. The molecule has 3 N–H and O–H groups in total. The summed E-state index contributed by atoms with van der Waals surface area (Å²) >= 11 is 0. The minimum absolute atomic E-state index is 0.00724. The van der Waals surface area contributed by atoms with Crippen molar-refractivity contribution in [2.45, 2.75) is 38.6 Å². The molecule has 0 bridgehead atoms. The van der Waals surface area contributed by atoms with Crippen molar-refractivity contribution in [3.8, 4) is 0 Å². The molecular weight excluding hydrogens is 252 g/mol. The van der Waals surface area contributed by atoms with Crippen LogP contribution in [-0.2, 0) is 12.8 Å². The highest BCUT2D eigenvalue weighted by atomic mass is 16.3. The molecule has 0 spiro atoms. The first-order chi connectivity index (χ1) is 9.54. The molecule has 0 saturated carbocycles. The van der Waals surface area contributed by atoms with E-state index in [-0.39, 0.29) is 6.61 Å². The van der Waals surface area contributed by atoms with Crippen LogP contribution in [0.3, 0.4) is 0 Å². The third-order valence-corrected chi connectivity index (χ3v) is 3.37. The van der Waals surface area contributed by atoms with E-state index in [1.807, 2.05) is 44.2 Å². The number of aromatic nitrogens is 1. The minimum atomic E-state index is -0.532. The van der Waals surface area contributed by atoms with Crippen LogP contribution in [0.4, 0.5) is 0 Å². The molecule has 4 heteroatoms. The smallest absolute Gasteiger partial charge is 0.199 e. The summed E-state index contributed by atoms with van der Waals surface area (Å²) in [5, 5.41) is 9.17. The van der Waals surface area contributed by atoms with Crippen molar-refractivity contribution in [1.29, 1.82) is 0 Å². The monoisotopic (exact) mass is 274 g/mol. The lowest BCUT2D eigenvalue weighted by Crippen LogP contribution is -2.40. The summed E-state index contributed by atoms with van der Waals surface area (Å²) in [6.07, 6.45) is 6.27. The number of fused-ring (bicyclic) bond motifs is 1. The van der Waals surface area contributed by atoms with Crippen molar-refractivity contribution in [2.24, 2.45) is 5.73 Å². The summed E-state index contributed by atoms with van der Waals surface area (Å²) in [5.74, 6) is 0.731. The van der Waals surface area contributed by atoms with Gasteiger partial charge in [0, 0.05) is 12.0 Å². The number of aliphatic hydroxyl groups is 1. The molecule has 2 aromatic rings. The van der Waals surface area contributed by atoms with Crippen LogP contribution in [0.5, 0.6) is 0 Å². The third-order valence-electron chi connectivity index (χ3n) is 3.37. The lowest BCUT2D eigenvalue weighted by molar-refractivity contribution is 0.200. The first kappa shape index (κ1) is 14.8. The van der Waals surface area contributed by atoms with Crippen molar-refractivity contribution in [3.63, 3.8) is 0 Å². The summed E-state index contributed by atoms with van der Waals surface area (Å²) in [4.78, 5) is 4.48. The van der Waals surface area contributed by atoms with Gasteiger partial charge in [-0.2, -0.15) is 0 Å². The van der Waals surface area contributed by atoms with Gasteiger partial charge in [-0.15, -0.1) is 0 Å². The van der Waals surface area contributed by atoms with E-state index in [1.165, 1.54) is 0 Å². The van der Waals surface area contributed by atoms with Gasteiger partial charge in [-0.1, -0.05) is 18.2 Å². The van der Waals surface area contributed by atoms with Crippen LogP contribution in [0.15, 0.2) is 34.8 Å². The van der Waals surface area contributed by atoms with Crippen LogP contribution in [0.2, 0.25) is 0 Å². The van der Waals surface area contributed by atoms with Gasteiger partial charge in [0.05, 0.1) is 6.61 Å². The highest BCUT2D eigenvalue weighted by Crippen LogP contribution is 2.20. The molecule has 2 rings (SSSR count). The average molecular weight is 274 g/mol. The molecule has 1 aromatic heterocycles. The van der Waals surface area contributed by atoms with Crippen molar-refractivity contribution in [3.05, 3.63) is 41.8 Å². The van der Waals surface area contributed by atoms with E-state index in [4.69, 9.17) is 10.2 Å². The van der Waals surface area contributed by atoms with E-state index < -0.39 is 5.54 Å². The minimum Gasteiger partial charge on any atom is -0.440 e. The number of oxazole rings is 1. The predicted molar refractivity (Wildman–Crippen MR) is 80.5 cm³/mol. The Labute approximate surface area is 119 Å². The number of hydrogen-bond donors (Lipinski definition) is 2. The Hall–Kier alpha value is -1.65. The molecule has 1 atom stereocenters. The normalized spacial score (nSPS) is 15.0. The summed E-state index contributed by atoms with van der Waals surface area (Å²) in [6.45, 7) is 3.83. The van der Waals surface area contributed by atoms with Crippen molar-refractivity contribution < 1.29 is 9.52 Å². The van der Waals surface area contributed by atoms with Crippen molar-refractivity contribution in [1.82, 2.24) is 4.98 Å². The van der Waals surface area contributed by atoms with Gasteiger partial charge < -0.3 is 15.3 Å². The molecule has 0 fully saturated rings. The zero-order valence-corrected chi connectivity index (χ0v) is 12.1. The van der Waals surface area contributed by atoms with E-state index in [2.05, 4.69) is 4.98 Å². The Bertz CT molecular complexity index is 600. The molecule has 0 amide bonds. The first-order valence-corrected chi connectivity index (χ1v) is 6.93. The zero-order valence-electron chi connectivity index (χ0n) is 12.1. The number of aryl methyl sites for hydroxylation is 1. The standard InChI is InChI=1S/C16H22N2O2/c1-3-4-5-15-18-13-10-12(6-7-14(13)20-15)8-9-16(2,17)11-19/h3-4,6-7,10,19H,5,8-9,11,17H2,1-2H3. The van der Waals surface area contributed by atoms with Crippen molar-refractivity contribution >= 4 is 11.1 Å². The zero-order chi connectivity index (χ0) is 14.6. The maximum atomic E-state index is 9.17. The fourth-order valence-corrected chi connectivity index (χ4v) is 1.99.